The van der Waals surface area contributed by atoms with E-state index in [1.165, 1.54) is 13.8 Å². The molecule has 0 saturated carbocycles. The van der Waals surface area contributed by atoms with Crippen LogP contribution < -0.4 is 14.8 Å². The van der Waals surface area contributed by atoms with Gasteiger partial charge in [0.05, 0.1) is 5.36 Å². The summed E-state index contributed by atoms with van der Waals surface area (Å²) in [5, 5.41) is 1.99. The third kappa shape index (κ3) is 8.47. The van der Waals surface area contributed by atoms with Gasteiger partial charge < -0.3 is 13.9 Å². The quantitative estimate of drug-likeness (QED) is 0.0587. The van der Waals surface area contributed by atoms with Crippen molar-refractivity contribution in [1.29, 1.82) is 0 Å². The van der Waals surface area contributed by atoms with E-state index < -0.39 is 22.8 Å². The Bertz CT molecular complexity index is 2610. The minimum atomic E-state index is -0.704. The van der Waals surface area contributed by atoms with E-state index in [-0.39, 0.29) is 31.0 Å². The van der Waals surface area contributed by atoms with Crippen LogP contribution in [0.5, 0.6) is 11.5 Å². The highest BCUT2D eigenvalue weighted by Gasteiger charge is 2.32. The molecule has 9 nitrogen and oxygen atoms in total. The highest BCUT2D eigenvalue weighted by molar-refractivity contribution is 5.97. The molecule has 4 aromatic rings. The number of Topliss-reactive ketones (excluding diaryl/α,β-unsaturated/α-hetero) is 1. The van der Waals surface area contributed by atoms with Gasteiger partial charge in [0.1, 0.15) is 28.5 Å². The number of ketones is 1. The number of carbonyl (C=O) groups excluding carboxylic acids is 4. The second kappa shape index (κ2) is 15.3. The van der Waals surface area contributed by atoms with Crippen molar-refractivity contribution in [3.8, 4) is 23.0 Å². The summed E-state index contributed by atoms with van der Waals surface area (Å²) in [4.78, 5) is 60.8. The molecule has 0 aromatic heterocycles. The second-order valence-electron chi connectivity index (χ2n) is 16.2. The number of fused-ring (bicyclic) bond motifs is 4. The Morgan fingerprint density at radius 1 is 0.696 bits per heavy atom. The molecule has 0 N–H and O–H groups in total. The molecule has 6 rings (SSSR count). The Hall–Kier alpha value is -5.96. The van der Waals surface area contributed by atoms with Crippen LogP contribution in [0.3, 0.4) is 0 Å². The molecule has 0 radical (unpaired) electrons. The number of hydrogen-bond acceptors (Lipinski definition) is 8. The van der Waals surface area contributed by atoms with Gasteiger partial charge in [-0.2, -0.15) is 0 Å². The van der Waals surface area contributed by atoms with Crippen molar-refractivity contribution in [1.82, 2.24) is 4.98 Å². The summed E-state index contributed by atoms with van der Waals surface area (Å²) < 4.78 is 17.6. The maximum absolute atomic E-state index is 13.8. The summed E-state index contributed by atoms with van der Waals surface area (Å²) in [6.07, 6.45) is 0.461. The Morgan fingerprint density at radius 2 is 1.25 bits per heavy atom. The van der Waals surface area contributed by atoms with Crippen molar-refractivity contribution in [3.05, 3.63) is 117 Å². The van der Waals surface area contributed by atoms with Crippen molar-refractivity contribution in [2.24, 2.45) is 4.99 Å². The van der Waals surface area contributed by atoms with E-state index >= 15 is 0 Å². The number of benzene rings is 5. The molecule has 0 saturated heterocycles. The van der Waals surface area contributed by atoms with Crippen LogP contribution in [0.15, 0.2) is 82.2 Å². The molecule has 1 heterocycles. The maximum Gasteiger partial charge on any atom is 0.308 e. The lowest BCUT2D eigenvalue weighted by atomic mass is 9.76. The first-order valence-corrected chi connectivity index (χ1v) is 18.8. The van der Waals surface area contributed by atoms with Gasteiger partial charge in [0, 0.05) is 71.9 Å². The largest absolute Gasteiger partial charge is 0.453 e. The van der Waals surface area contributed by atoms with Gasteiger partial charge in [-0.3, -0.25) is 19.2 Å². The first kappa shape index (κ1) is 39.7. The van der Waals surface area contributed by atoms with E-state index in [2.05, 4.69) is 4.99 Å². The number of ether oxygens (including phenoxy) is 2. The Kier molecular flexibility index (Phi) is 10.8. The van der Waals surface area contributed by atoms with Gasteiger partial charge in [0.2, 0.25) is 5.91 Å². The lowest BCUT2D eigenvalue weighted by Gasteiger charge is -2.29. The number of carbonyl (C=O) groups is 4. The monoisotopic (exact) mass is 752 g/mol. The number of aromatic nitrogens is 1. The van der Waals surface area contributed by atoms with E-state index in [0.29, 0.717) is 39.4 Å². The third-order valence-corrected chi connectivity index (χ3v) is 10.1. The summed E-state index contributed by atoms with van der Waals surface area (Å²) in [5.41, 5.74) is 6.64. The van der Waals surface area contributed by atoms with Gasteiger partial charge in [-0.1, -0.05) is 70.2 Å². The zero-order valence-electron chi connectivity index (χ0n) is 33.8. The Morgan fingerprint density at radius 3 is 1.82 bits per heavy atom. The van der Waals surface area contributed by atoms with Crippen LogP contribution in [-0.2, 0) is 36.4 Å². The predicted octanol–water partition coefficient (Wildman–Crippen LogP) is 9.44. The van der Waals surface area contributed by atoms with Crippen molar-refractivity contribution < 1.29 is 33.1 Å². The average Bonchev–Trinajstić information content (AvgIpc) is 3.05. The molecule has 2 aliphatic rings. The van der Waals surface area contributed by atoms with Crippen molar-refractivity contribution in [3.63, 3.8) is 0 Å². The van der Waals surface area contributed by atoms with Gasteiger partial charge in [0.15, 0.2) is 11.3 Å². The molecular formula is C47H48N2O7. The SMILES string of the molecule is CC(=O)Oc1cc(C)cc(C)c1C(C)(C)CC(=O)Cc1ccc2nc3c4ccccc4c(=NC(=O)CC(C)(C)c4c(C)cc(C)cc4OC(C)=O)cc-3oc2c1. The molecule has 1 amide bonds. The van der Waals surface area contributed by atoms with Crippen LogP contribution in [0.4, 0.5) is 0 Å². The van der Waals surface area contributed by atoms with Crippen molar-refractivity contribution >= 4 is 45.5 Å². The van der Waals surface area contributed by atoms with E-state index in [4.69, 9.17) is 18.9 Å². The Labute approximate surface area is 327 Å². The van der Waals surface area contributed by atoms with Gasteiger partial charge in [-0.05, 0) is 79.8 Å². The number of rotatable bonds is 10. The summed E-state index contributed by atoms with van der Waals surface area (Å²) >= 11 is 0. The van der Waals surface area contributed by atoms with Crippen LogP contribution >= 0.6 is 0 Å². The van der Waals surface area contributed by atoms with Crippen LogP contribution in [0.1, 0.15) is 93.3 Å². The summed E-state index contributed by atoms with van der Waals surface area (Å²) in [5.74, 6) is 0.216. The Balaban J connectivity index is 1.32. The van der Waals surface area contributed by atoms with Crippen molar-refractivity contribution in [2.75, 3.05) is 0 Å². The molecule has 9 heteroatoms. The summed E-state index contributed by atoms with van der Waals surface area (Å²) in [6, 6.07) is 22.6. The summed E-state index contributed by atoms with van der Waals surface area (Å²) in [6.45, 7) is 18.4. The van der Waals surface area contributed by atoms with Crippen LogP contribution in [0, 0.1) is 27.7 Å². The molecule has 0 unspecified atom stereocenters. The topological polar surface area (TPSA) is 125 Å². The normalized spacial score (nSPS) is 12.4. The van der Waals surface area contributed by atoms with Gasteiger partial charge >= 0.3 is 11.9 Å². The zero-order valence-corrected chi connectivity index (χ0v) is 33.8. The number of nitrogens with zero attached hydrogens (tertiary/aromatic N) is 2. The maximum atomic E-state index is 13.8. The van der Waals surface area contributed by atoms with Crippen LogP contribution in [0.25, 0.3) is 33.3 Å². The standard InChI is InChI=1S/C47H48N2O7/c1-26-17-28(3)43(39(19-26)54-30(5)50)46(7,8)24-33(52)21-32-15-16-36-38(22-32)56-41-23-37(34-13-11-12-14-35(34)45(41)49-36)48-42(53)25-47(9,10)44-29(4)18-27(2)20-40(44)55-31(6)51/h11-20,22-23H,21,24-25H2,1-10H3. The molecule has 288 valence electrons. The molecule has 0 bridgehead atoms. The van der Waals surface area contributed by atoms with Gasteiger partial charge in [-0.15, -0.1) is 0 Å². The van der Waals surface area contributed by atoms with E-state index in [9.17, 15) is 19.2 Å². The van der Waals surface area contributed by atoms with Crippen LogP contribution in [0.2, 0.25) is 0 Å². The molecule has 0 spiro atoms. The predicted molar refractivity (Wildman–Crippen MR) is 217 cm³/mol. The fraction of sp³-hybridized carbons (Fsp3) is 0.319. The summed E-state index contributed by atoms with van der Waals surface area (Å²) in [7, 11) is 0. The molecule has 1 aliphatic heterocycles. The minimum Gasteiger partial charge on any atom is -0.453 e. The number of esters is 2. The highest BCUT2D eigenvalue weighted by atomic mass is 16.5. The number of aryl methyl sites for hydroxylation is 4. The van der Waals surface area contributed by atoms with Gasteiger partial charge in [-0.25, -0.2) is 9.98 Å². The lowest BCUT2D eigenvalue weighted by Crippen LogP contribution is -2.25. The molecule has 0 fully saturated rings. The third-order valence-electron chi connectivity index (χ3n) is 10.1. The molecule has 0 atom stereocenters. The number of amides is 1. The van der Waals surface area contributed by atoms with E-state index in [1.807, 2.05) is 122 Å². The highest BCUT2D eigenvalue weighted by Crippen LogP contribution is 2.40. The van der Waals surface area contributed by atoms with Crippen LogP contribution in [-0.4, -0.2) is 28.6 Å². The second-order valence-corrected chi connectivity index (χ2v) is 16.2. The lowest BCUT2D eigenvalue weighted by molar-refractivity contribution is -0.133. The van der Waals surface area contributed by atoms with E-state index in [1.54, 1.807) is 6.07 Å². The first-order valence-electron chi connectivity index (χ1n) is 18.8. The molecule has 4 aromatic carbocycles. The smallest absolute Gasteiger partial charge is 0.308 e. The minimum absolute atomic E-state index is 0.0196. The fourth-order valence-corrected chi connectivity index (χ4v) is 8.26. The molecule has 56 heavy (non-hydrogen) atoms. The van der Waals surface area contributed by atoms with Gasteiger partial charge in [0.25, 0.3) is 0 Å². The molecule has 1 aliphatic carbocycles. The number of hydrogen-bond donors (Lipinski definition) is 0. The fourth-order valence-electron chi connectivity index (χ4n) is 8.26. The zero-order chi connectivity index (χ0) is 40.7. The van der Waals surface area contributed by atoms with E-state index in [0.717, 1.165) is 49.7 Å². The molecular weight excluding hydrogens is 705 g/mol. The first-order chi connectivity index (χ1) is 26.3. The average molecular weight is 753 g/mol. The van der Waals surface area contributed by atoms with Crippen molar-refractivity contribution in [2.45, 2.75) is 99.3 Å².